The van der Waals surface area contributed by atoms with Crippen molar-refractivity contribution >= 4 is 34.1 Å². The normalized spacial score (nSPS) is 13.0. The average molecular weight is 479 g/mol. The van der Waals surface area contributed by atoms with Gasteiger partial charge in [0.1, 0.15) is 11.4 Å². The Morgan fingerprint density at radius 1 is 1.46 bits per heavy atom. The lowest BCUT2D eigenvalue weighted by molar-refractivity contribution is -0.0930. The smallest absolute Gasteiger partial charge is 0.431 e. The monoisotopic (exact) mass is 478 g/mol. The van der Waals surface area contributed by atoms with E-state index in [0.717, 1.165) is 4.47 Å². The van der Waals surface area contributed by atoms with E-state index >= 15 is 0 Å². The molecule has 0 aliphatic carbocycles. The number of halogens is 4. The third-order valence-corrected chi connectivity index (χ3v) is 4.64. The second-order valence-corrected chi connectivity index (χ2v) is 7.18. The van der Waals surface area contributed by atoms with Gasteiger partial charge in [0.2, 0.25) is 5.88 Å². The summed E-state index contributed by atoms with van der Waals surface area (Å²) in [5.41, 5.74) is 7.54. The molecule has 0 amide bonds. The molecule has 5 N–H and O–H groups in total. The van der Waals surface area contributed by atoms with Crippen LogP contribution in [0.2, 0.25) is 0 Å². The van der Waals surface area contributed by atoms with Gasteiger partial charge in [0.05, 0.1) is 24.0 Å². The van der Waals surface area contributed by atoms with E-state index < -0.39 is 11.9 Å². The maximum Gasteiger partial charge on any atom is 0.431 e. The first-order valence-corrected chi connectivity index (χ1v) is 9.46. The van der Waals surface area contributed by atoms with E-state index in [4.69, 9.17) is 15.6 Å². The summed E-state index contributed by atoms with van der Waals surface area (Å²) in [6, 6.07) is 7.25. The summed E-state index contributed by atoms with van der Waals surface area (Å²) >= 11 is 3.79. The van der Waals surface area contributed by atoms with E-state index in [9.17, 15) is 13.2 Å². The van der Waals surface area contributed by atoms with E-state index in [1.807, 2.05) is 12.1 Å². The molecule has 7 nitrogen and oxygen atoms in total. The maximum atomic E-state index is 12.7. The number of benzene rings is 1. The topological polar surface area (TPSA) is 103 Å². The van der Waals surface area contributed by atoms with Gasteiger partial charge >= 0.3 is 6.18 Å². The molecule has 2 rings (SSSR count). The van der Waals surface area contributed by atoms with Gasteiger partial charge in [0.25, 0.3) is 0 Å². The number of hydrazone groups is 1. The first-order valence-electron chi connectivity index (χ1n) is 7.79. The Labute approximate surface area is 172 Å². The summed E-state index contributed by atoms with van der Waals surface area (Å²) in [6.45, 7) is 1.49. The van der Waals surface area contributed by atoms with Crippen molar-refractivity contribution in [3.05, 3.63) is 50.6 Å². The Morgan fingerprint density at radius 2 is 2.18 bits per heavy atom. The Kier molecular flexibility index (Phi) is 7.38. The number of hydrogen-bond acceptors (Lipinski definition) is 7. The predicted molar refractivity (Wildman–Crippen MR) is 107 cm³/mol. The van der Waals surface area contributed by atoms with Crippen LogP contribution in [-0.4, -0.2) is 28.7 Å². The summed E-state index contributed by atoms with van der Waals surface area (Å²) in [4.78, 5) is -0.266. The summed E-state index contributed by atoms with van der Waals surface area (Å²) < 4.78 is 46.2. The molecular weight excluding hydrogens is 461 g/mol. The molecule has 1 aromatic heterocycles. The zero-order valence-electron chi connectivity index (χ0n) is 14.9. The molecule has 1 heterocycles. The zero-order valence-corrected chi connectivity index (χ0v) is 17.3. The lowest BCUT2D eigenvalue weighted by Gasteiger charge is -2.11. The summed E-state index contributed by atoms with van der Waals surface area (Å²) in [7, 11) is 1.71. The summed E-state index contributed by atoms with van der Waals surface area (Å²) in [5, 5.41) is 13.5. The molecule has 0 saturated heterocycles. The molecule has 0 atom stereocenters. The number of hydrogen-bond donors (Lipinski definition) is 3. The van der Waals surface area contributed by atoms with Gasteiger partial charge in [-0.25, -0.2) is 4.68 Å². The molecule has 0 spiro atoms. The molecule has 28 heavy (non-hydrogen) atoms. The second-order valence-electron chi connectivity index (χ2n) is 5.53. The molecular formula is C16H18BrF3N6OS. The number of aromatic nitrogens is 2. The van der Waals surface area contributed by atoms with Gasteiger partial charge in [-0.05, 0) is 37.1 Å². The Morgan fingerprint density at radius 3 is 2.79 bits per heavy atom. The first-order chi connectivity index (χ1) is 13.1. The molecule has 152 valence electrons. The highest BCUT2D eigenvalue weighted by atomic mass is 79.9. The number of nitrogens with one attached hydrogen (secondary N) is 1. The molecule has 0 aliphatic rings. The Balaban J connectivity index is 2.16. The van der Waals surface area contributed by atoms with E-state index in [2.05, 4.69) is 31.6 Å². The van der Waals surface area contributed by atoms with E-state index in [-0.39, 0.29) is 11.4 Å². The van der Waals surface area contributed by atoms with Gasteiger partial charge in [0, 0.05) is 16.4 Å². The van der Waals surface area contributed by atoms with Crippen molar-refractivity contribution in [3.8, 4) is 11.6 Å². The molecule has 0 aliphatic heterocycles. The lowest BCUT2D eigenvalue weighted by Crippen LogP contribution is -2.25. The Hall–Kier alpha value is -2.18. The number of ether oxygens (including phenoxy) is 1. The van der Waals surface area contributed by atoms with Crippen LogP contribution in [0.25, 0.3) is 0 Å². The standard InChI is InChI=1S/C16H18BrF3N6OS/c1-9-12(7-23-24-8-13(28-22)14(21)16(18,19)20)15(26(2)25-9)27-11-5-3-4-10(17)6-11/h3-7,24H,8,21-22H2,1-2H3/b14-13-,23-7+. The number of nitrogens with zero attached hydrogens (tertiary/aromatic N) is 3. The van der Waals surface area contributed by atoms with Crippen LogP contribution in [0.4, 0.5) is 13.2 Å². The fraction of sp³-hybridized carbons (Fsp3) is 0.250. The quantitative estimate of drug-likeness (QED) is 0.319. The lowest BCUT2D eigenvalue weighted by atomic mass is 10.3. The SMILES string of the molecule is Cc1nn(C)c(Oc2cccc(Br)c2)c1/C=N/NC/C(SN)=C(/N)C(F)(F)F. The van der Waals surface area contributed by atoms with Crippen LogP contribution >= 0.6 is 27.9 Å². The molecule has 1 aromatic carbocycles. The van der Waals surface area contributed by atoms with Gasteiger partial charge < -0.3 is 15.9 Å². The highest BCUT2D eigenvalue weighted by Gasteiger charge is 2.34. The van der Waals surface area contributed by atoms with Crippen LogP contribution in [0.15, 0.2) is 44.4 Å². The number of nitrogens with two attached hydrogens (primary N) is 2. The highest BCUT2D eigenvalue weighted by Crippen LogP contribution is 2.28. The summed E-state index contributed by atoms with van der Waals surface area (Å²) in [6.07, 6.45) is -3.24. The van der Waals surface area contributed by atoms with E-state index in [1.54, 1.807) is 30.8 Å². The van der Waals surface area contributed by atoms with Gasteiger partial charge in [0.15, 0.2) is 0 Å². The largest absolute Gasteiger partial charge is 0.439 e. The van der Waals surface area contributed by atoms with Crippen molar-refractivity contribution in [2.75, 3.05) is 6.54 Å². The maximum absolute atomic E-state index is 12.7. The third-order valence-electron chi connectivity index (χ3n) is 3.50. The van der Waals surface area contributed by atoms with Gasteiger partial charge in [-0.1, -0.05) is 22.0 Å². The number of allylic oxidation sites excluding steroid dienone is 1. The average Bonchev–Trinajstić information content (AvgIpc) is 2.87. The van der Waals surface area contributed by atoms with Crippen LogP contribution in [-0.2, 0) is 7.05 Å². The van der Waals surface area contributed by atoms with E-state index in [0.29, 0.717) is 34.8 Å². The van der Waals surface area contributed by atoms with Crippen LogP contribution in [0.3, 0.4) is 0 Å². The number of aryl methyl sites for hydroxylation is 2. The number of rotatable bonds is 7. The predicted octanol–water partition coefficient (Wildman–Crippen LogP) is 3.55. The number of alkyl halides is 3. The van der Waals surface area contributed by atoms with Crippen molar-refractivity contribution in [1.82, 2.24) is 15.2 Å². The van der Waals surface area contributed by atoms with Crippen molar-refractivity contribution < 1.29 is 17.9 Å². The molecule has 0 radical (unpaired) electrons. The molecule has 0 unspecified atom stereocenters. The Bertz CT molecular complexity index is 897. The summed E-state index contributed by atoms with van der Waals surface area (Å²) in [5.74, 6) is 1.02. The third kappa shape index (κ3) is 5.66. The van der Waals surface area contributed by atoms with Crippen LogP contribution in [0.1, 0.15) is 11.3 Å². The fourth-order valence-electron chi connectivity index (χ4n) is 2.15. The van der Waals surface area contributed by atoms with Crippen molar-refractivity contribution in [2.24, 2.45) is 23.0 Å². The van der Waals surface area contributed by atoms with Crippen LogP contribution in [0, 0.1) is 6.92 Å². The minimum Gasteiger partial charge on any atom is -0.439 e. The van der Waals surface area contributed by atoms with Crippen LogP contribution < -0.4 is 21.0 Å². The molecule has 0 bridgehead atoms. The zero-order chi connectivity index (χ0) is 20.9. The first kappa shape index (κ1) is 22.1. The minimum absolute atomic E-state index is 0.266. The molecule has 12 heteroatoms. The van der Waals surface area contributed by atoms with E-state index in [1.165, 1.54) is 6.21 Å². The van der Waals surface area contributed by atoms with Gasteiger partial charge in [-0.15, -0.1) is 0 Å². The van der Waals surface area contributed by atoms with Crippen molar-refractivity contribution in [3.63, 3.8) is 0 Å². The highest BCUT2D eigenvalue weighted by molar-refractivity contribution is 9.10. The van der Waals surface area contributed by atoms with Crippen LogP contribution in [0.5, 0.6) is 11.6 Å². The van der Waals surface area contributed by atoms with Crippen molar-refractivity contribution in [1.29, 1.82) is 0 Å². The fourth-order valence-corrected chi connectivity index (χ4v) is 2.92. The molecule has 2 aromatic rings. The molecule has 0 fully saturated rings. The minimum atomic E-state index is -4.65. The second kappa shape index (κ2) is 9.34. The van der Waals surface area contributed by atoms with Crippen molar-refractivity contribution in [2.45, 2.75) is 13.1 Å². The molecule has 0 saturated carbocycles. The van der Waals surface area contributed by atoms with Gasteiger partial charge in [-0.3, -0.25) is 5.14 Å². The van der Waals surface area contributed by atoms with Gasteiger partial charge in [-0.2, -0.15) is 23.4 Å².